The first-order valence-corrected chi connectivity index (χ1v) is 29.4. The van der Waals surface area contributed by atoms with Crippen molar-refractivity contribution < 1.29 is 32.9 Å². The first-order valence-electron chi connectivity index (χ1n) is 27.9. The lowest BCUT2D eigenvalue weighted by atomic mass is 10.0. The Morgan fingerprint density at radius 1 is 0.529 bits per heavy atom. The Morgan fingerprint density at radius 2 is 0.897 bits per heavy atom. The van der Waals surface area contributed by atoms with Crippen molar-refractivity contribution in [1.82, 2.24) is 5.32 Å². The number of allylic oxidation sites excluding steroid dienone is 13. The molecule has 0 aromatic rings. The number of carbonyl (C=O) groups is 1. The van der Waals surface area contributed by atoms with Crippen molar-refractivity contribution >= 4 is 13.7 Å². The van der Waals surface area contributed by atoms with Gasteiger partial charge in [0.25, 0.3) is 7.82 Å². The molecule has 0 aliphatic heterocycles. The third kappa shape index (κ3) is 51.5. The minimum Gasteiger partial charge on any atom is -0.756 e. The van der Waals surface area contributed by atoms with Gasteiger partial charge in [0.1, 0.15) is 13.2 Å². The maximum absolute atomic E-state index is 12.9. The van der Waals surface area contributed by atoms with Gasteiger partial charge < -0.3 is 28.8 Å². The van der Waals surface area contributed by atoms with Crippen LogP contribution in [-0.4, -0.2) is 68.5 Å². The monoisotopic (exact) mass is 971 g/mol. The Hall–Kier alpha value is -2.32. The molecule has 68 heavy (non-hydrogen) atoms. The van der Waals surface area contributed by atoms with Gasteiger partial charge in [-0.15, -0.1) is 0 Å². The number of phosphoric ester groups is 1. The van der Waals surface area contributed by atoms with Gasteiger partial charge in [-0.25, -0.2) is 0 Å². The van der Waals surface area contributed by atoms with Crippen molar-refractivity contribution in [2.75, 3.05) is 40.9 Å². The fourth-order valence-electron chi connectivity index (χ4n) is 7.74. The highest BCUT2D eigenvalue weighted by Crippen LogP contribution is 2.38. The minimum absolute atomic E-state index is 0.0138. The molecule has 0 aromatic carbocycles. The number of likely N-dealkylation sites (N-methyl/N-ethyl adjacent to an activating group) is 1. The van der Waals surface area contributed by atoms with Gasteiger partial charge in [-0.2, -0.15) is 0 Å². The predicted octanol–water partition coefficient (Wildman–Crippen LogP) is 16.2. The molecule has 0 aliphatic rings. The molecule has 0 saturated heterocycles. The third-order valence-electron chi connectivity index (χ3n) is 12.1. The van der Waals surface area contributed by atoms with Gasteiger partial charge in [-0.3, -0.25) is 9.36 Å². The number of rotatable bonds is 50. The van der Waals surface area contributed by atoms with Crippen LogP contribution in [-0.2, 0) is 18.4 Å². The van der Waals surface area contributed by atoms with Crippen molar-refractivity contribution in [1.29, 1.82) is 0 Å². The van der Waals surface area contributed by atoms with Gasteiger partial charge in [-0.05, 0) is 70.6 Å². The summed E-state index contributed by atoms with van der Waals surface area (Å²) in [4.78, 5) is 25.5. The molecule has 0 rings (SSSR count). The first-order chi connectivity index (χ1) is 33.0. The van der Waals surface area contributed by atoms with Crippen molar-refractivity contribution in [3.05, 3.63) is 85.1 Å². The van der Waals surface area contributed by atoms with Crippen LogP contribution in [0.1, 0.15) is 232 Å². The molecule has 9 heteroatoms. The van der Waals surface area contributed by atoms with E-state index in [0.29, 0.717) is 17.4 Å². The number of carbonyl (C=O) groups excluding carboxylic acids is 1. The van der Waals surface area contributed by atoms with Gasteiger partial charge in [-0.1, -0.05) is 240 Å². The van der Waals surface area contributed by atoms with E-state index in [1.54, 1.807) is 6.08 Å². The Labute approximate surface area is 420 Å². The molecular formula is C59H107N2O6P. The summed E-state index contributed by atoms with van der Waals surface area (Å²) in [6.07, 6.45) is 69.4. The van der Waals surface area contributed by atoms with E-state index in [9.17, 15) is 19.4 Å². The van der Waals surface area contributed by atoms with Gasteiger partial charge in [0, 0.05) is 6.42 Å². The van der Waals surface area contributed by atoms with Crippen LogP contribution in [0.15, 0.2) is 85.1 Å². The van der Waals surface area contributed by atoms with E-state index in [1.165, 1.54) is 135 Å². The second-order valence-corrected chi connectivity index (χ2v) is 21.3. The number of aliphatic hydroxyl groups excluding tert-OH is 1. The van der Waals surface area contributed by atoms with Crippen LogP contribution in [0.4, 0.5) is 0 Å². The van der Waals surface area contributed by atoms with Gasteiger partial charge in [0.15, 0.2) is 0 Å². The zero-order valence-electron chi connectivity index (χ0n) is 44.8. The topological polar surface area (TPSA) is 108 Å². The van der Waals surface area contributed by atoms with Crippen LogP contribution in [0.25, 0.3) is 0 Å². The summed E-state index contributed by atoms with van der Waals surface area (Å²) in [5.41, 5.74) is 0. The molecule has 2 N–H and O–H groups in total. The molecule has 1 amide bonds. The van der Waals surface area contributed by atoms with Crippen LogP contribution in [0.2, 0.25) is 0 Å². The number of nitrogens with one attached hydrogen (secondary N) is 1. The lowest BCUT2D eigenvalue weighted by Gasteiger charge is -2.29. The van der Waals surface area contributed by atoms with Crippen molar-refractivity contribution in [2.24, 2.45) is 0 Å². The molecule has 0 fully saturated rings. The maximum Gasteiger partial charge on any atom is 0.268 e. The van der Waals surface area contributed by atoms with Gasteiger partial charge in [0.2, 0.25) is 5.91 Å². The van der Waals surface area contributed by atoms with Crippen LogP contribution < -0.4 is 10.2 Å². The Morgan fingerprint density at radius 3 is 1.31 bits per heavy atom. The number of phosphoric acid groups is 1. The summed E-state index contributed by atoms with van der Waals surface area (Å²) in [5.74, 6) is -0.240. The van der Waals surface area contributed by atoms with Crippen molar-refractivity contribution in [3.8, 4) is 0 Å². The van der Waals surface area contributed by atoms with E-state index >= 15 is 0 Å². The average Bonchev–Trinajstić information content (AvgIpc) is 3.30. The Bertz CT molecular complexity index is 1380. The number of quaternary nitrogens is 1. The lowest BCUT2D eigenvalue weighted by Crippen LogP contribution is -2.45. The molecule has 0 bridgehead atoms. The van der Waals surface area contributed by atoms with E-state index < -0.39 is 26.6 Å². The lowest BCUT2D eigenvalue weighted by molar-refractivity contribution is -0.870. The number of hydrogen-bond donors (Lipinski definition) is 2. The SMILES string of the molecule is CC/C=C\C/C=C\C/C=C\C/C=C\C/C=C\C/C=C\CCCCC(=O)NC(COP(=O)([O-])OCC[N+](C)(C)C)C(O)/C=C/CCCCCCCCCCCCCCCCCCCCCCCCC. The van der Waals surface area contributed by atoms with E-state index in [-0.39, 0.29) is 18.9 Å². The highest BCUT2D eigenvalue weighted by atomic mass is 31.2. The molecule has 0 saturated carbocycles. The highest BCUT2D eigenvalue weighted by Gasteiger charge is 2.23. The molecule has 394 valence electrons. The Balaban J connectivity index is 4.33. The standard InChI is InChI=1S/C59H107N2O6P/c1-6-8-10-12-14-16-18-20-22-24-26-28-29-30-31-33-34-36-38-40-42-44-46-48-50-52-58(62)57(56-67-68(64,65)66-55-54-61(3,4)5)60-59(63)53-51-49-47-45-43-41-39-37-35-32-27-25-23-21-19-17-15-13-11-9-7-2/h9,11,15,17,21,23,27,32,37,39,43,45,50,52,57-58,62H,6-8,10,12-14,16,18-20,22,24-26,28-31,33-36,38,40-42,44,46-49,51,53-56H2,1-5H3,(H-,60,63,64,65)/b11-9-,17-15-,23-21-,32-27-,39-37-,45-43-,52-50+. The highest BCUT2D eigenvalue weighted by molar-refractivity contribution is 7.45. The van der Waals surface area contributed by atoms with Crippen LogP contribution in [0.5, 0.6) is 0 Å². The van der Waals surface area contributed by atoms with Gasteiger partial charge in [0.05, 0.1) is 39.9 Å². The zero-order chi connectivity index (χ0) is 49.9. The summed E-state index contributed by atoms with van der Waals surface area (Å²) in [7, 11) is 1.22. The van der Waals surface area contributed by atoms with Crippen molar-refractivity contribution in [2.45, 2.75) is 244 Å². The smallest absolute Gasteiger partial charge is 0.268 e. The second-order valence-electron chi connectivity index (χ2n) is 19.9. The summed E-state index contributed by atoms with van der Waals surface area (Å²) in [6.45, 7) is 4.51. The van der Waals surface area contributed by atoms with Crippen LogP contribution >= 0.6 is 7.82 Å². The summed E-state index contributed by atoms with van der Waals surface area (Å²) < 4.78 is 23.3. The van der Waals surface area contributed by atoms with Gasteiger partial charge >= 0.3 is 0 Å². The fraction of sp³-hybridized carbons (Fsp3) is 0.746. The molecule has 3 atom stereocenters. The summed E-state index contributed by atoms with van der Waals surface area (Å²) >= 11 is 0. The number of hydrogen-bond acceptors (Lipinski definition) is 6. The maximum atomic E-state index is 12.9. The zero-order valence-corrected chi connectivity index (χ0v) is 45.7. The molecule has 0 aromatic heterocycles. The Kier molecular flexibility index (Phi) is 48.0. The fourth-order valence-corrected chi connectivity index (χ4v) is 8.47. The molecule has 0 radical (unpaired) electrons. The van der Waals surface area contributed by atoms with Crippen LogP contribution in [0.3, 0.4) is 0 Å². The van der Waals surface area contributed by atoms with Crippen molar-refractivity contribution in [3.63, 3.8) is 0 Å². The summed E-state index contributed by atoms with van der Waals surface area (Å²) in [6, 6.07) is -0.916. The molecule has 0 heterocycles. The van der Waals surface area contributed by atoms with E-state index in [4.69, 9.17) is 9.05 Å². The van der Waals surface area contributed by atoms with E-state index in [2.05, 4.69) is 92.1 Å². The quantitative estimate of drug-likeness (QED) is 0.0272. The molecule has 3 unspecified atom stereocenters. The van der Waals surface area contributed by atoms with Crippen LogP contribution in [0, 0.1) is 0 Å². The normalized spacial score (nSPS) is 14.6. The third-order valence-corrected chi connectivity index (χ3v) is 13.1. The number of aliphatic hydroxyl groups is 1. The average molecular weight is 971 g/mol. The summed E-state index contributed by atoms with van der Waals surface area (Å²) in [5, 5.41) is 13.9. The second kappa shape index (κ2) is 49.7. The van der Waals surface area contributed by atoms with E-state index in [1.807, 2.05) is 27.2 Å². The molecule has 0 spiro atoms. The minimum atomic E-state index is -4.61. The van der Waals surface area contributed by atoms with E-state index in [0.717, 1.165) is 70.6 Å². The predicted molar refractivity (Wildman–Crippen MR) is 293 cm³/mol. The number of unbranched alkanes of at least 4 members (excludes halogenated alkanes) is 25. The largest absolute Gasteiger partial charge is 0.756 e. The molecule has 8 nitrogen and oxygen atoms in total. The number of nitrogens with zero attached hydrogens (tertiary/aromatic N) is 1. The first kappa shape index (κ1) is 65.7. The number of amides is 1. The molecular weight excluding hydrogens is 864 g/mol. The molecule has 0 aliphatic carbocycles.